The van der Waals surface area contributed by atoms with Crippen molar-refractivity contribution in [3.8, 4) is 0 Å². The Morgan fingerprint density at radius 3 is 2.27 bits per heavy atom. The number of nitrogens with zero attached hydrogens (tertiary/aromatic N) is 1. The Morgan fingerprint density at radius 1 is 1.27 bits per heavy atom. The van der Waals surface area contributed by atoms with Gasteiger partial charge < -0.3 is 5.73 Å². The normalized spacial score (nSPS) is 10.1. The van der Waals surface area contributed by atoms with Gasteiger partial charge in [-0.05, 0) is 50.4 Å². The van der Waals surface area contributed by atoms with E-state index < -0.39 is 0 Å². The number of nitrogens with two attached hydrogens (primary N) is 1. The van der Waals surface area contributed by atoms with Crippen LogP contribution in [0.25, 0.3) is 0 Å². The smallest absolute Gasteiger partial charge is 0.0413 e. The molecule has 0 unspecified atom stereocenters. The highest BCUT2D eigenvalue weighted by atomic mass is 79.9. The van der Waals surface area contributed by atoms with E-state index in [1.807, 2.05) is 0 Å². The van der Waals surface area contributed by atoms with E-state index >= 15 is 0 Å². The van der Waals surface area contributed by atoms with Gasteiger partial charge in [0.2, 0.25) is 0 Å². The molecule has 0 aliphatic rings. The van der Waals surface area contributed by atoms with Gasteiger partial charge in [0.05, 0.1) is 0 Å². The van der Waals surface area contributed by atoms with E-state index in [1.54, 1.807) is 12.4 Å². The second-order valence-corrected chi connectivity index (χ2v) is 3.83. The summed E-state index contributed by atoms with van der Waals surface area (Å²) in [6.45, 7) is 0.654. The lowest BCUT2D eigenvalue weighted by molar-refractivity contribution is 0.950. The van der Waals surface area contributed by atoms with Gasteiger partial charge in [-0.3, -0.25) is 4.98 Å². The molecule has 0 radical (unpaired) electrons. The minimum atomic E-state index is 0.654. The number of pyridine rings is 1. The fourth-order valence-corrected chi connectivity index (χ4v) is 2.15. The van der Waals surface area contributed by atoms with Gasteiger partial charge in [0.15, 0.2) is 0 Å². The van der Waals surface area contributed by atoms with Gasteiger partial charge in [0.1, 0.15) is 0 Å². The van der Waals surface area contributed by atoms with Crippen LogP contribution in [0.2, 0.25) is 0 Å². The molecule has 0 bridgehead atoms. The molecule has 0 fully saturated rings. The van der Waals surface area contributed by atoms with Crippen LogP contribution in [0.5, 0.6) is 0 Å². The molecule has 0 aliphatic heterocycles. The topological polar surface area (TPSA) is 38.9 Å². The van der Waals surface area contributed by atoms with Crippen molar-refractivity contribution in [2.75, 3.05) is 6.54 Å². The molecular weight excluding hydrogens is 272 g/mol. The van der Waals surface area contributed by atoms with Crippen LogP contribution in [-0.4, -0.2) is 11.5 Å². The zero-order chi connectivity index (χ0) is 8.27. The molecule has 0 saturated carbocycles. The highest BCUT2D eigenvalue weighted by molar-refractivity contribution is 9.11. The summed E-state index contributed by atoms with van der Waals surface area (Å²) < 4.78 is 2.02. The van der Waals surface area contributed by atoms with Crippen LogP contribution < -0.4 is 5.73 Å². The fraction of sp³-hybridized carbons (Fsp3) is 0.286. The van der Waals surface area contributed by atoms with Crippen molar-refractivity contribution in [2.24, 2.45) is 5.73 Å². The Balaban J connectivity index is 3.00. The molecule has 60 valence electrons. The maximum atomic E-state index is 5.44. The van der Waals surface area contributed by atoms with Gasteiger partial charge >= 0.3 is 0 Å². The molecule has 4 heteroatoms. The summed E-state index contributed by atoms with van der Waals surface area (Å²) in [6, 6.07) is 0. The molecule has 2 N–H and O–H groups in total. The van der Waals surface area contributed by atoms with E-state index in [-0.39, 0.29) is 0 Å². The maximum absolute atomic E-state index is 5.44. The van der Waals surface area contributed by atoms with Crippen LogP contribution in [0.4, 0.5) is 0 Å². The fourth-order valence-electron chi connectivity index (χ4n) is 0.821. The first-order chi connectivity index (χ1) is 5.25. The Morgan fingerprint density at radius 2 is 1.82 bits per heavy atom. The molecular formula is C7H8Br2N2. The number of hydrogen-bond acceptors (Lipinski definition) is 2. The lowest BCUT2D eigenvalue weighted by Gasteiger charge is -2.03. The summed E-state index contributed by atoms with van der Waals surface area (Å²) in [5, 5.41) is 0. The number of aromatic nitrogens is 1. The van der Waals surface area contributed by atoms with Gasteiger partial charge in [-0.15, -0.1) is 0 Å². The number of rotatable bonds is 2. The molecule has 1 aromatic heterocycles. The maximum Gasteiger partial charge on any atom is 0.0413 e. The molecule has 2 nitrogen and oxygen atoms in total. The average molecular weight is 280 g/mol. The van der Waals surface area contributed by atoms with Crippen molar-refractivity contribution in [1.82, 2.24) is 4.98 Å². The van der Waals surface area contributed by atoms with Gasteiger partial charge in [0.25, 0.3) is 0 Å². The minimum Gasteiger partial charge on any atom is -0.330 e. The summed E-state index contributed by atoms with van der Waals surface area (Å²) in [7, 11) is 0. The van der Waals surface area contributed by atoms with Crippen LogP contribution in [0.1, 0.15) is 5.56 Å². The van der Waals surface area contributed by atoms with Crippen molar-refractivity contribution in [3.05, 3.63) is 26.9 Å². The summed E-state index contributed by atoms with van der Waals surface area (Å²) in [5.74, 6) is 0. The first kappa shape index (κ1) is 9.16. The predicted molar refractivity (Wildman–Crippen MR) is 52.4 cm³/mol. The van der Waals surface area contributed by atoms with E-state index in [0.717, 1.165) is 15.4 Å². The molecule has 0 aliphatic carbocycles. The highest BCUT2D eigenvalue weighted by Gasteiger charge is 2.02. The van der Waals surface area contributed by atoms with Crippen LogP contribution in [-0.2, 0) is 6.42 Å². The van der Waals surface area contributed by atoms with Crippen molar-refractivity contribution >= 4 is 31.9 Å². The lowest BCUT2D eigenvalue weighted by atomic mass is 10.2. The zero-order valence-corrected chi connectivity index (χ0v) is 9.02. The molecule has 0 aromatic carbocycles. The van der Waals surface area contributed by atoms with Crippen molar-refractivity contribution < 1.29 is 0 Å². The Labute approximate surface area is 82.5 Å². The summed E-state index contributed by atoms with van der Waals surface area (Å²) >= 11 is 6.80. The zero-order valence-electron chi connectivity index (χ0n) is 5.85. The largest absolute Gasteiger partial charge is 0.330 e. The van der Waals surface area contributed by atoms with Crippen molar-refractivity contribution in [2.45, 2.75) is 6.42 Å². The van der Waals surface area contributed by atoms with E-state index in [4.69, 9.17) is 5.73 Å². The van der Waals surface area contributed by atoms with Crippen LogP contribution in [0, 0.1) is 0 Å². The Kier molecular flexibility index (Phi) is 3.48. The first-order valence-corrected chi connectivity index (χ1v) is 4.82. The summed E-state index contributed by atoms with van der Waals surface area (Å²) in [4.78, 5) is 3.99. The molecule has 11 heavy (non-hydrogen) atoms. The van der Waals surface area contributed by atoms with Crippen LogP contribution >= 0.6 is 31.9 Å². The van der Waals surface area contributed by atoms with Gasteiger partial charge in [-0.2, -0.15) is 0 Å². The predicted octanol–water partition coefficient (Wildman–Crippen LogP) is 2.11. The standard InChI is InChI=1S/C7H8Br2N2/c8-6-3-11-4-7(9)5(6)1-2-10/h3-4H,1-2,10H2. The Bertz CT molecular complexity index is 230. The molecule has 0 atom stereocenters. The summed E-state index contributed by atoms with van der Waals surface area (Å²) in [6.07, 6.45) is 4.41. The molecule has 1 aromatic rings. The van der Waals surface area contributed by atoms with Gasteiger partial charge in [-0.1, -0.05) is 0 Å². The first-order valence-electron chi connectivity index (χ1n) is 3.23. The quantitative estimate of drug-likeness (QED) is 0.901. The molecule has 1 rings (SSSR count). The third kappa shape index (κ3) is 2.25. The number of halogens is 2. The molecule has 0 amide bonds. The monoisotopic (exact) mass is 278 g/mol. The highest BCUT2D eigenvalue weighted by Crippen LogP contribution is 2.23. The second kappa shape index (κ2) is 4.18. The molecule has 0 spiro atoms. The average Bonchev–Trinajstić information content (AvgIpc) is 1.97. The lowest BCUT2D eigenvalue weighted by Crippen LogP contribution is -2.04. The van der Waals surface area contributed by atoms with Crippen molar-refractivity contribution in [1.29, 1.82) is 0 Å². The number of hydrogen-bond donors (Lipinski definition) is 1. The third-order valence-electron chi connectivity index (χ3n) is 1.35. The van der Waals surface area contributed by atoms with Crippen LogP contribution in [0.3, 0.4) is 0 Å². The van der Waals surface area contributed by atoms with E-state index in [9.17, 15) is 0 Å². The van der Waals surface area contributed by atoms with E-state index in [0.29, 0.717) is 6.54 Å². The minimum absolute atomic E-state index is 0.654. The van der Waals surface area contributed by atoms with E-state index in [2.05, 4.69) is 36.8 Å². The van der Waals surface area contributed by atoms with Crippen molar-refractivity contribution in [3.63, 3.8) is 0 Å². The third-order valence-corrected chi connectivity index (χ3v) is 2.71. The summed E-state index contributed by atoms with van der Waals surface area (Å²) in [5.41, 5.74) is 6.62. The van der Waals surface area contributed by atoms with E-state index in [1.165, 1.54) is 5.56 Å². The Hall–Kier alpha value is 0.0700. The molecule has 0 saturated heterocycles. The van der Waals surface area contributed by atoms with Gasteiger partial charge in [-0.25, -0.2) is 0 Å². The second-order valence-electron chi connectivity index (χ2n) is 2.12. The van der Waals surface area contributed by atoms with Gasteiger partial charge in [0, 0.05) is 21.3 Å². The SMILES string of the molecule is NCCc1c(Br)cncc1Br. The molecule has 1 heterocycles. The van der Waals surface area contributed by atoms with Crippen LogP contribution in [0.15, 0.2) is 21.3 Å².